The molecule has 0 bridgehead atoms. The van der Waals surface area contributed by atoms with Crippen molar-refractivity contribution >= 4 is 23.3 Å². The molecule has 0 heterocycles. The highest BCUT2D eigenvalue weighted by atomic mass is 16.6. The molecule has 0 saturated carbocycles. The number of nitro benzene ring substituents is 1. The monoisotopic (exact) mass is 343 g/mol. The van der Waals surface area contributed by atoms with Crippen LogP contribution < -0.4 is 5.73 Å². The molecular weight excluding hydrogens is 326 g/mol. The Bertz CT molecular complexity index is 805. The highest BCUT2D eigenvalue weighted by Gasteiger charge is 2.28. The van der Waals surface area contributed by atoms with E-state index in [9.17, 15) is 19.7 Å². The number of nitrogens with two attached hydrogens (primary N) is 1. The fraction of sp³-hybridized carbons (Fsp3) is 0.176. The Morgan fingerprint density at radius 2 is 1.80 bits per heavy atom. The van der Waals surface area contributed by atoms with Crippen molar-refractivity contribution in [1.82, 2.24) is 4.90 Å². The average Bonchev–Trinajstić information content (AvgIpc) is 2.59. The smallest absolute Gasteiger partial charge is 0.341 e. The summed E-state index contributed by atoms with van der Waals surface area (Å²) in [6.45, 7) is 0. The van der Waals surface area contributed by atoms with Gasteiger partial charge in [0, 0.05) is 37.5 Å². The van der Waals surface area contributed by atoms with Crippen molar-refractivity contribution in [3.63, 3.8) is 0 Å². The Kier molecular flexibility index (Phi) is 5.33. The number of carbonyl (C=O) groups excluding carboxylic acids is 2. The summed E-state index contributed by atoms with van der Waals surface area (Å²) in [5.41, 5.74) is 5.77. The lowest BCUT2D eigenvalue weighted by Gasteiger charge is -2.21. The summed E-state index contributed by atoms with van der Waals surface area (Å²) in [6, 6.07) is 11.9. The number of likely N-dealkylation sites (N-methyl/N-ethyl adjacent to an activating group) is 1. The van der Waals surface area contributed by atoms with Gasteiger partial charge >= 0.3 is 5.97 Å². The van der Waals surface area contributed by atoms with E-state index in [4.69, 9.17) is 10.5 Å². The molecule has 8 nitrogen and oxygen atoms in total. The SMILES string of the molecule is CN(C)C(=O)[C@@H](OC(=O)c1cc([N+](=O)[O-])ccc1N)c1ccccc1. The van der Waals surface area contributed by atoms with Crippen LogP contribution in [0, 0.1) is 10.1 Å². The third kappa shape index (κ3) is 4.11. The first kappa shape index (κ1) is 17.9. The molecule has 0 aliphatic carbocycles. The highest BCUT2D eigenvalue weighted by molar-refractivity contribution is 5.97. The Labute approximate surface area is 144 Å². The van der Waals surface area contributed by atoms with Gasteiger partial charge in [-0.25, -0.2) is 4.79 Å². The van der Waals surface area contributed by atoms with Gasteiger partial charge in [-0.2, -0.15) is 0 Å². The van der Waals surface area contributed by atoms with Crippen LogP contribution in [0.25, 0.3) is 0 Å². The van der Waals surface area contributed by atoms with Crippen molar-refractivity contribution in [3.05, 3.63) is 69.8 Å². The number of benzene rings is 2. The fourth-order valence-electron chi connectivity index (χ4n) is 2.13. The van der Waals surface area contributed by atoms with E-state index in [0.29, 0.717) is 5.56 Å². The third-order valence-corrected chi connectivity index (χ3v) is 3.46. The Morgan fingerprint density at radius 3 is 2.36 bits per heavy atom. The van der Waals surface area contributed by atoms with Crippen LogP contribution in [0.4, 0.5) is 11.4 Å². The molecule has 0 radical (unpaired) electrons. The maximum absolute atomic E-state index is 12.5. The minimum Gasteiger partial charge on any atom is -0.444 e. The van der Waals surface area contributed by atoms with Crippen LogP contribution in [-0.2, 0) is 9.53 Å². The van der Waals surface area contributed by atoms with Gasteiger partial charge in [0.2, 0.25) is 6.10 Å². The number of hydrogen-bond donors (Lipinski definition) is 1. The Hall–Kier alpha value is -3.42. The number of carbonyl (C=O) groups is 2. The van der Waals surface area contributed by atoms with Crippen LogP contribution in [-0.4, -0.2) is 35.8 Å². The summed E-state index contributed by atoms with van der Waals surface area (Å²) in [4.78, 5) is 36.4. The summed E-state index contributed by atoms with van der Waals surface area (Å²) in [7, 11) is 3.07. The summed E-state index contributed by atoms with van der Waals surface area (Å²) in [5.74, 6) is -1.35. The number of nitrogens with zero attached hydrogens (tertiary/aromatic N) is 2. The number of rotatable bonds is 5. The summed E-state index contributed by atoms with van der Waals surface area (Å²) < 4.78 is 5.33. The summed E-state index contributed by atoms with van der Waals surface area (Å²) in [5, 5.41) is 10.9. The van der Waals surface area contributed by atoms with Gasteiger partial charge in [0.05, 0.1) is 10.5 Å². The highest BCUT2D eigenvalue weighted by Crippen LogP contribution is 2.25. The molecule has 0 spiro atoms. The predicted octanol–water partition coefficient (Wildman–Crippen LogP) is 2.16. The minimum atomic E-state index is -1.18. The predicted molar refractivity (Wildman–Crippen MR) is 90.8 cm³/mol. The first-order valence-electron chi connectivity index (χ1n) is 7.32. The second-order valence-electron chi connectivity index (χ2n) is 5.46. The van der Waals surface area contributed by atoms with E-state index in [1.165, 1.54) is 31.1 Å². The molecule has 1 atom stereocenters. The molecular formula is C17H17N3O5. The number of anilines is 1. The average molecular weight is 343 g/mol. The molecule has 0 fully saturated rings. The number of esters is 1. The maximum Gasteiger partial charge on any atom is 0.341 e. The number of amides is 1. The molecule has 0 unspecified atom stereocenters. The van der Waals surface area contributed by atoms with E-state index < -0.39 is 22.9 Å². The molecule has 2 rings (SSSR count). The van der Waals surface area contributed by atoms with Gasteiger partial charge in [0.1, 0.15) is 0 Å². The number of nitro groups is 1. The summed E-state index contributed by atoms with van der Waals surface area (Å²) >= 11 is 0. The lowest BCUT2D eigenvalue weighted by molar-refractivity contribution is -0.384. The standard InChI is InChI=1S/C17H17N3O5/c1-19(2)16(21)15(11-6-4-3-5-7-11)25-17(22)13-10-12(20(23)24)8-9-14(13)18/h3-10,15H,18H2,1-2H3/t15-/m0/s1. The number of non-ortho nitro benzene ring substituents is 1. The normalized spacial score (nSPS) is 11.4. The van der Waals surface area contributed by atoms with E-state index in [2.05, 4.69) is 0 Å². The molecule has 8 heteroatoms. The fourth-order valence-corrected chi connectivity index (χ4v) is 2.13. The lowest BCUT2D eigenvalue weighted by Crippen LogP contribution is -2.31. The van der Waals surface area contributed by atoms with Gasteiger partial charge < -0.3 is 15.4 Å². The van der Waals surface area contributed by atoms with Crippen LogP contribution >= 0.6 is 0 Å². The zero-order chi connectivity index (χ0) is 18.6. The topological polar surface area (TPSA) is 116 Å². The Morgan fingerprint density at radius 1 is 1.16 bits per heavy atom. The molecule has 0 saturated heterocycles. The Balaban J connectivity index is 2.36. The number of hydrogen-bond acceptors (Lipinski definition) is 6. The van der Waals surface area contributed by atoms with Crippen LogP contribution in [0.1, 0.15) is 22.0 Å². The molecule has 2 N–H and O–H groups in total. The van der Waals surface area contributed by atoms with Gasteiger partial charge in [-0.15, -0.1) is 0 Å². The van der Waals surface area contributed by atoms with E-state index in [1.807, 2.05) is 0 Å². The molecule has 0 aliphatic rings. The lowest BCUT2D eigenvalue weighted by atomic mass is 10.1. The molecule has 2 aromatic rings. The van der Waals surface area contributed by atoms with E-state index >= 15 is 0 Å². The minimum absolute atomic E-state index is 0.0275. The molecule has 0 aliphatic heterocycles. The van der Waals surface area contributed by atoms with Crippen molar-refractivity contribution < 1.29 is 19.2 Å². The maximum atomic E-state index is 12.5. The first-order chi connectivity index (χ1) is 11.8. The van der Waals surface area contributed by atoms with Crippen molar-refractivity contribution in [3.8, 4) is 0 Å². The molecule has 0 aromatic heterocycles. The van der Waals surface area contributed by atoms with Crippen LogP contribution in [0.3, 0.4) is 0 Å². The van der Waals surface area contributed by atoms with Gasteiger partial charge in [-0.1, -0.05) is 30.3 Å². The first-order valence-corrected chi connectivity index (χ1v) is 7.32. The molecule has 2 aromatic carbocycles. The van der Waals surface area contributed by atoms with E-state index in [1.54, 1.807) is 30.3 Å². The second kappa shape index (κ2) is 7.43. The molecule has 1 amide bonds. The third-order valence-electron chi connectivity index (χ3n) is 3.46. The van der Waals surface area contributed by atoms with Gasteiger partial charge in [0.15, 0.2) is 0 Å². The van der Waals surface area contributed by atoms with Crippen LogP contribution in [0.2, 0.25) is 0 Å². The summed E-state index contributed by atoms with van der Waals surface area (Å²) in [6.07, 6.45) is -1.18. The van der Waals surface area contributed by atoms with E-state index in [0.717, 1.165) is 6.07 Å². The second-order valence-corrected chi connectivity index (χ2v) is 5.46. The zero-order valence-electron chi connectivity index (χ0n) is 13.7. The quantitative estimate of drug-likeness (QED) is 0.385. The van der Waals surface area contributed by atoms with Gasteiger partial charge in [-0.05, 0) is 6.07 Å². The van der Waals surface area contributed by atoms with Crippen molar-refractivity contribution in [2.75, 3.05) is 19.8 Å². The van der Waals surface area contributed by atoms with Crippen molar-refractivity contribution in [2.24, 2.45) is 0 Å². The van der Waals surface area contributed by atoms with Gasteiger partial charge in [0.25, 0.3) is 11.6 Å². The van der Waals surface area contributed by atoms with Crippen LogP contribution in [0.5, 0.6) is 0 Å². The molecule has 130 valence electrons. The largest absolute Gasteiger partial charge is 0.444 e. The van der Waals surface area contributed by atoms with Crippen molar-refractivity contribution in [1.29, 1.82) is 0 Å². The molecule has 25 heavy (non-hydrogen) atoms. The zero-order valence-corrected chi connectivity index (χ0v) is 13.7. The van der Waals surface area contributed by atoms with Gasteiger partial charge in [-0.3, -0.25) is 14.9 Å². The number of ether oxygens (including phenoxy) is 1. The van der Waals surface area contributed by atoms with Crippen molar-refractivity contribution in [2.45, 2.75) is 6.10 Å². The van der Waals surface area contributed by atoms with E-state index in [-0.39, 0.29) is 16.9 Å². The van der Waals surface area contributed by atoms with Crippen LogP contribution in [0.15, 0.2) is 48.5 Å². The number of nitrogen functional groups attached to an aromatic ring is 1.